The molecule has 0 saturated carbocycles. The normalized spacial score (nSPS) is 9.94. The molecule has 17 heavy (non-hydrogen) atoms. The van der Waals surface area contributed by atoms with Crippen LogP contribution in [0.15, 0.2) is 30.3 Å². The average molecular weight is 250 g/mol. The fourth-order valence-electron chi connectivity index (χ4n) is 1.57. The molecule has 0 atom stereocenters. The summed E-state index contributed by atoms with van der Waals surface area (Å²) < 4.78 is 0. The number of carbonyl (C=O) groups excluding carboxylic acids is 1. The topological polar surface area (TPSA) is 46.3 Å². The number of unbranched alkanes of at least 4 members (excludes halogenated alkanes) is 2. The van der Waals surface area contributed by atoms with Gasteiger partial charge in [0.2, 0.25) is 0 Å². The van der Waals surface area contributed by atoms with E-state index in [1.54, 1.807) is 12.1 Å². The molecule has 1 aromatic carbocycles. The number of nitrogens with zero attached hydrogens (tertiary/aromatic N) is 1. The maximum Gasteiger partial charge on any atom is 0.260 e. The second kappa shape index (κ2) is 7.01. The van der Waals surface area contributed by atoms with Gasteiger partial charge in [-0.3, -0.25) is 9.69 Å². The van der Waals surface area contributed by atoms with Gasteiger partial charge in [0, 0.05) is 12.1 Å². The Labute approximate surface area is 108 Å². The zero-order chi connectivity index (χ0) is 12.7. The Morgan fingerprint density at radius 3 is 2.47 bits per heavy atom. The first-order chi connectivity index (χ1) is 8.16. The van der Waals surface area contributed by atoms with E-state index in [9.17, 15) is 4.79 Å². The van der Waals surface area contributed by atoms with Gasteiger partial charge in [-0.25, -0.2) is 0 Å². The van der Waals surface area contributed by atoms with Crippen LogP contribution in [0.25, 0.3) is 0 Å². The van der Waals surface area contributed by atoms with Crippen molar-refractivity contribution in [2.24, 2.45) is 5.73 Å². The van der Waals surface area contributed by atoms with Gasteiger partial charge in [0.1, 0.15) is 0 Å². The highest BCUT2D eigenvalue weighted by Gasteiger charge is 2.16. The number of hydrogen-bond acceptors (Lipinski definition) is 2. The van der Waals surface area contributed by atoms with Crippen LogP contribution < -0.4 is 5.73 Å². The fraction of sp³-hybridized carbons (Fsp3) is 0.385. The summed E-state index contributed by atoms with van der Waals surface area (Å²) in [6.45, 7) is 2.71. The van der Waals surface area contributed by atoms with Crippen molar-refractivity contribution in [2.75, 3.05) is 6.54 Å². The second-order valence-corrected chi connectivity index (χ2v) is 4.29. The summed E-state index contributed by atoms with van der Waals surface area (Å²) in [7, 11) is 0. The molecule has 0 bridgehead atoms. The molecule has 1 aromatic rings. The monoisotopic (exact) mass is 250 g/mol. The SMILES string of the molecule is CCCCCN(C(=O)c1ccccc1)C(N)=S. The number of thiocarbonyl (C=S) groups is 1. The standard InChI is InChI=1S/C13H18N2OS/c1-2-3-7-10-15(13(14)17)12(16)11-8-5-4-6-9-11/h4-6,8-9H,2-3,7,10H2,1H3,(H2,14,17). The van der Waals surface area contributed by atoms with Gasteiger partial charge in [0.15, 0.2) is 5.11 Å². The third-order valence-electron chi connectivity index (χ3n) is 2.52. The summed E-state index contributed by atoms with van der Waals surface area (Å²) in [6.07, 6.45) is 3.10. The van der Waals surface area contributed by atoms with Crippen LogP contribution in [0.3, 0.4) is 0 Å². The molecule has 0 saturated heterocycles. The largest absolute Gasteiger partial charge is 0.376 e. The number of rotatable bonds is 5. The predicted octanol–water partition coefficient (Wildman–Crippen LogP) is 2.56. The van der Waals surface area contributed by atoms with Crippen molar-refractivity contribution in [3.05, 3.63) is 35.9 Å². The number of benzene rings is 1. The zero-order valence-corrected chi connectivity index (χ0v) is 10.9. The lowest BCUT2D eigenvalue weighted by atomic mass is 10.2. The van der Waals surface area contributed by atoms with E-state index >= 15 is 0 Å². The van der Waals surface area contributed by atoms with Crippen LogP contribution in [0.4, 0.5) is 0 Å². The Balaban J connectivity index is 2.71. The highest BCUT2D eigenvalue weighted by molar-refractivity contribution is 7.80. The molecule has 0 radical (unpaired) electrons. The van der Waals surface area contributed by atoms with Crippen molar-refractivity contribution >= 4 is 23.2 Å². The molecule has 2 N–H and O–H groups in total. The van der Waals surface area contributed by atoms with E-state index in [0.29, 0.717) is 12.1 Å². The molecule has 0 heterocycles. The Morgan fingerprint density at radius 2 is 1.94 bits per heavy atom. The van der Waals surface area contributed by atoms with Crippen molar-refractivity contribution < 1.29 is 4.79 Å². The van der Waals surface area contributed by atoms with Crippen molar-refractivity contribution in [1.29, 1.82) is 0 Å². The van der Waals surface area contributed by atoms with Crippen molar-refractivity contribution in [2.45, 2.75) is 26.2 Å². The highest BCUT2D eigenvalue weighted by atomic mass is 32.1. The summed E-state index contributed by atoms with van der Waals surface area (Å²) in [6, 6.07) is 9.08. The van der Waals surface area contributed by atoms with Gasteiger partial charge in [-0.1, -0.05) is 38.0 Å². The predicted molar refractivity (Wildman–Crippen MR) is 73.8 cm³/mol. The van der Waals surface area contributed by atoms with E-state index in [1.807, 2.05) is 18.2 Å². The van der Waals surface area contributed by atoms with E-state index in [-0.39, 0.29) is 11.0 Å². The summed E-state index contributed by atoms with van der Waals surface area (Å²) >= 11 is 4.93. The molecule has 0 aromatic heterocycles. The molecule has 0 aliphatic rings. The van der Waals surface area contributed by atoms with E-state index in [0.717, 1.165) is 19.3 Å². The Hall–Kier alpha value is -1.42. The maximum absolute atomic E-state index is 12.1. The Morgan fingerprint density at radius 1 is 1.29 bits per heavy atom. The van der Waals surface area contributed by atoms with Crippen LogP contribution in [0.2, 0.25) is 0 Å². The van der Waals surface area contributed by atoms with Crippen LogP contribution >= 0.6 is 12.2 Å². The number of carbonyl (C=O) groups is 1. The van der Waals surface area contributed by atoms with Gasteiger partial charge in [-0.15, -0.1) is 0 Å². The third kappa shape index (κ3) is 4.15. The van der Waals surface area contributed by atoms with Gasteiger partial charge in [0.25, 0.3) is 5.91 Å². The quantitative estimate of drug-likeness (QED) is 0.645. The number of nitrogens with two attached hydrogens (primary N) is 1. The molecule has 0 unspecified atom stereocenters. The van der Waals surface area contributed by atoms with E-state index in [1.165, 1.54) is 4.90 Å². The first kappa shape index (κ1) is 13.6. The van der Waals surface area contributed by atoms with Crippen molar-refractivity contribution in [1.82, 2.24) is 4.90 Å². The smallest absolute Gasteiger partial charge is 0.260 e. The third-order valence-corrected chi connectivity index (χ3v) is 2.74. The number of amides is 1. The van der Waals surface area contributed by atoms with Crippen molar-refractivity contribution in [3.8, 4) is 0 Å². The van der Waals surface area contributed by atoms with E-state index < -0.39 is 0 Å². The van der Waals surface area contributed by atoms with Gasteiger partial charge in [0.05, 0.1) is 0 Å². The first-order valence-electron chi connectivity index (χ1n) is 5.83. The molecular formula is C13H18N2OS. The van der Waals surface area contributed by atoms with Crippen LogP contribution in [0.5, 0.6) is 0 Å². The molecule has 1 rings (SSSR count). The molecule has 0 aliphatic heterocycles. The van der Waals surface area contributed by atoms with Crippen LogP contribution in [0.1, 0.15) is 36.5 Å². The second-order valence-electron chi connectivity index (χ2n) is 3.87. The lowest BCUT2D eigenvalue weighted by molar-refractivity contribution is 0.0846. The molecule has 0 spiro atoms. The summed E-state index contributed by atoms with van der Waals surface area (Å²) in [4.78, 5) is 13.6. The fourth-order valence-corrected chi connectivity index (χ4v) is 1.74. The minimum absolute atomic E-state index is 0.116. The van der Waals surface area contributed by atoms with Crippen LogP contribution in [0, 0.1) is 0 Å². The lowest BCUT2D eigenvalue weighted by Crippen LogP contribution is -2.41. The summed E-state index contributed by atoms with van der Waals surface area (Å²) in [5.74, 6) is -0.116. The summed E-state index contributed by atoms with van der Waals surface area (Å²) in [5.41, 5.74) is 6.22. The van der Waals surface area contributed by atoms with Crippen LogP contribution in [-0.4, -0.2) is 22.5 Å². The summed E-state index contributed by atoms with van der Waals surface area (Å²) in [5, 5.41) is 0.148. The highest BCUT2D eigenvalue weighted by Crippen LogP contribution is 2.07. The molecule has 4 heteroatoms. The minimum Gasteiger partial charge on any atom is -0.376 e. The molecule has 92 valence electrons. The Bertz CT molecular complexity index is 378. The zero-order valence-electron chi connectivity index (χ0n) is 10.1. The molecule has 0 fully saturated rings. The number of hydrogen-bond donors (Lipinski definition) is 1. The average Bonchev–Trinajstić information content (AvgIpc) is 2.34. The molecule has 3 nitrogen and oxygen atoms in total. The maximum atomic E-state index is 12.1. The molecular weight excluding hydrogens is 232 g/mol. The lowest BCUT2D eigenvalue weighted by Gasteiger charge is -2.20. The van der Waals surface area contributed by atoms with Gasteiger partial charge in [-0.2, -0.15) is 0 Å². The first-order valence-corrected chi connectivity index (χ1v) is 6.24. The van der Waals surface area contributed by atoms with E-state index in [4.69, 9.17) is 18.0 Å². The van der Waals surface area contributed by atoms with E-state index in [2.05, 4.69) is 6.92 Å². The minimum atomic E-state index is -0.116. The van der Waals surface area contributed by atoms with Crippen LogP contribution in [-0.2, 0) is 0 Å². The van der Waals surface area contributed by atoms with Gasteiger partial charge >= 0.3 is 0 Å². The molecule has 0 aliphatic carbocycles. The van der Waals surface area contributed by atoms with Gasteiger partial charge < -0.3 is 5.73 Å². The molecule has 1 amide bonds. The Kier molecular flexibility index (Phi) is 5.63. The van der Waals surface area contributed by atoms with Gasteiger partial charge in [-0.05, 0) is 30.8 Å². The van der Waals surface area contributed by atoms with Crippen molar-refractivity contribution in [3.63, 3.8) is 0 Å².